The van der Waals surface area contributed by atoms with Gasteiger partial charge in [-0.15, -0.1) is 0 Å². The topological polar surface area (TPSA) is 144 Å². The molecule has 12 heteroatoms. The second kappa shape index (κ2) is 11.9. The van der Waals surface area contributed by atoms with Crippen molar-refractivity contribution in [3.05, 3.63) is 72.3 Å². The molecule has 0 spiro atoms. The highest BCUT2D eigenvalue weighted by Crippen LogP contribution is 2.28. The van der Waals surface area contributed by atoms with Crippen molar-refractivity contribution in [3.63, 3.8) is 0 Å². The second-order valence-corrected chi connectivity index (χ2v) is 9.15. The fourth-order valence-electron chi connectivity index (χ4n) is 4.30. The van der Waals surface area contributed by atoms with Crippen molar-refractivity contribution in [3.8, 4) is 11.4 Å². The van der Waals surface area contributed by atoms with E-state index in [1.807, 2.05) is 30.7 Å². The van der Waals surface area contributed by atoms with Crippen molar-refractivity contribution >= 4 is 28.6 Å². The van der Waals surface area contributed by atoms with Crippen LogP contribution < -0.4 is 10.4 Å². The highest BCUT2D eigenvalue weighted by atomic mass is 16.5. The maximum Gasteiger partial charge on any atom is 0.276 e. The number of amides is 1. The first kappa shape index (κ1) is 26.1. The number of carbonyl (C=O) groups is 1. The summed E-state index contributed by atoms with van der Waals surface area (Å²) in [6.45, 7) is 4.75. The van der Waals surface area contributed by atoms with E-state index in [4.69, 9.17) is 24.9 Å². The fourth-order valence-corrected chi connectivity index (χ4v) is 4.30. The number of hydrogen-bond acceptors (Lipinski definition) is 10. The van der Waals surface area contributed by atoms with Crippen molar-refractivity contribution in [2.75, 3.05) is 31.2 Å². The molecule has 5 rings (SSSR count). The van der Waals surface area contributed by atoms with Crippen LogP contribution in [0.3, 0.4) is 0 Å². The van der Waals surface area contributed by atoms with Crippen LogP contribution in [0.5, 0.6) is 0 Å². The number of aromatic nitrogens is 6. The minimum atomic E-state index is -0.610. The minimum Gasteiger partial charge on any atom is -0.378 e. The molecule has 0 bridgehead atoms. The Morgan fingerprint density at radius 3 is 2.67 bits per heavy atom. The molecule has 3 aromatic rings. The lowest BCUT2D eigenvalue weighted by Crippen LogP contribution is -2.37. The molecule has 0 saturated carbocycles. The lowest BCUT2D eigenvalue weighted by molar-refractivity contribution is -0.124. The van der Waals surface area contributed by atoms with Gasteiger partial charge in [0.2, 0.25) is 0 Å². The maximum atomic E-state index is 11.7. The van der Waals surface area contributed by atoms with Crippen LogP contribution in [0.25, 0.3) is 22.6 Å². The number of hydrogen-bond donors (Lipinski definition) is 2. The predicted molar refractivity (Wildman–Crippen MR) is 146 cm³/mol. The lowest BCUT2D eigenvalue weighted by atomic mass is 10.1. The Morgan fingerprint density at radius 1 is 1.13 bits per heavy atom. The Balaban J connectivity index is 1.43. The number of ether oxygens (including phenoxy) is 1. The molecule has 2 aliphatic heterocycles. The van der Waals surface area contributed by atoms with Gasteiger partial charge in [0.05, 0.1) is 24.4 Å². The highest BCUT2D eigenvalue weighted by molar-refractivity contribution is 6.00. The van der Waals surface area contributed by atoms with Gasteiger partial charge in [-0.25, -0.2) is 30.4 Å². The Labute approximate surface area is 225 Å². The zero-order valence-corrected chi connectivity index (χ0v) is 21.8. The number of rotatable bonds is 7. The third-order valence-corrected chi connectivity index (χ3v) is 6.42. The zero-order chi connectivity index (χ0) is 27.2. The molecule has 12 nitrogen and oxygen atoms in total. The van der Waals surface area contributed by atoms with E-state index in [9.17, 15) is 4.79 Å². The van der Waals surface area contributed by atoms with E-state index in [1.165, 1.54) is 12.5 Å². The molecule has 5 heterocycles. The summed E-state index contributed by atoms with van der Waals surface area (Å²) in [6.07, 6.45) is 16.7. The van der Waals surface area contributed by atoms with E-state index < -0.39 is 5.91 Å². The van der Waals surface area contributed by atoms with Crippen LogP contribution in [0.1, 0.15) is 19.2 Å². The first-order valence-corrected chi connectivity index (χ1v) is 12.6. The van der Waals surface area contributed by atoms with Crippen LogP contribution in [0, 0.1) is 0 Å². The number of nitrogens with zero attached hydrogens (tertiary/aromatic N) is 8. The number of aliphatic imine (C=N–C) groups is 1. The largest absolute Gasteiger partial charge is 0.378 e. The smallest absolute Gasteiger partial charge is 0.276 e. The number of anilines is 1. The highest BCUT2D eigenvalue weighted by Gasteiger charge is 2.22. The van der Waals surface area contributed by atoms with Crippen molar-refractivity contribution in [1.29, 1.82) is 0 Å². The summed E-state index contributed by atoms with van der Waals surface area (Å²) in [7, 11) is 1.96. The molecule has 0 atom stereocenters. The third-order valence-electron chi connectivity index (χ3n) is 6.42. The van der Waals surface area contributed by atoms with Crippen LogP contribution in [0.4, 0.5) is 5.82 Å². The van der Waals surface area contributed by atoms with Gasteiger partial charge in [0.25, 0.3) is 5.91 Å². The molecule has 1 amide bonds. The number of morpholine rings is 1. The Kier molecular flexibility index (Phi) is 7.94. The SMILES string of the molecule is C/C(=C\Cc1nc2c(N3CCOCC3)nc(-c3cncnc3)nc2n1C)CC1=N/C=C(C(=O)NO)\C=C\C=C1. The van der Waals surface area contributed by atoms with Gasteiger partial charge in [-0.3, -0.25) is 15.0 Å². The monoisotopic (exact) mass is 527 g/mol. The lowest BCUT2D eigenvalue weighted by Gasteiger charge is -2.28. The van der Waals surface area contributed by atoms with Gasteiger partial charge >= 0.3 is 0 Å². The number of aryl methyl sites for hydroxylation is 1. The summed E-state index contributed by atoms with van der Waals surface area (Å²) >= 11 is 0. The Hall–Kier alpha value is -4.55. The summed E-state index contributed by atoms with van der Waals surface area (Å²) in [5.74, 6) is 1.58. The molecular weight excluding hydrogens is 498 g/mol. The van der Waals surface area contributed by atoms with E-state index in [0.717, 1.165) is 52.7 Å². The molecule has 39 heavy (non-hydrogen) atoms. The molecule has 0 radical (unpaired) electrons. The first-order valence-electron chi connectivity index (χ1n) is 12.6. The van der Waals surface area contributed by atoms with E-state index in [2.05, 4.69) is 25.9 Å². The molecule has 1 fully saturated rings. The molecule has 2 N–H and O–H groups in total. The average molecular weight is 528 g/mol. The van der Waals surface area contributed by atoms with Crippen LogP contribution in [-0.4, -0.2) is 72.6 Å². The van der Waals surface area contributed by atoms with Gasteiger partial charge < -0.3 is 14.2 Å². The van der Waals surface area contributed by atoms with Crippen LogP contribution >= 0.6 is 0 Å². The van der Waals surface area contributed by atoms with Crippen molar-refractivity contribution in [2.45, 2.75) is 19.8 Å². The van der Waals surface area contributed by atoms with Gasteiger partial charge in [0.1, 0.15) is 12.2 Å². The predicted octanol–water partition coefficient (Wildman–Crippen LogP) is 2.49. The molecule has 2 aliphatic rings. The van der Waals surface area contributed by atoms with E-state index in [1.54, 1.807) is 30.0 Å². The summed E-state index contributed by atoms with van der Waals surface area (Å²) in [4.78, 5) is 41.3. The second-order valence-electron chi connectivity index (χ2n) is 9.15. The average Bonchev–Trinajstić information content (AvgIpc) is 3.28. The zero-order valence-electron chi connectivity index (χ0n) is 21.8. The van der Waals surface area contributed by atoms with Gasteiger partial charge in [-0.2, -0.15) is 0 Å². The molecule has 0 aliphatic carbocycles. The van der Waals surface area contributed by atoms with Crippen molar-refractivity contribution < 1.29 is 14.7 Å². The standard InChI is InChI=1S/C27H29N9O3/c1-18(13-21-6-4-3-5-19(16-30-21)27(37)34-38)7-8-22-31-23-25(35(22)2)32-24(20-14-28-17-29-15-20)33-26(23)36-9-11-39-12-10-36/h3-7,14-17,38H,8-13H2,1-2H3,(H,34,37)/b4-3?,5-3+,6-4?,18-7+,19-5?,19-16+,21-6?,30-16?,30-21?. The molecule has 3 aromatic heterocycles. The Bertz CT molecular complexity index is 1510. The normalized spacial score (nSPS) is 18.2. The van der Waals surface area contributed by atoms with E-state index >= 15 is 0 Å². The van der Waals surface area contributed by atoms with Gasteiger partial charge in [-0.05, 0) is 19.1 Å². The number of allylic oxidation sites excluding steroid dienone is 5. The number of hydroxylamine groups is 1. The van der Waals surface area contributed by atoms with E-state index in [0.29, 0.717) is 31.9 Å². The Morgan fingerprint density at radius 2 is 1.90 bits per heavy atom. The van der Waals surface area contributed by atoms with Crippen molar-refractivity contribution in [2.24, 2.45) is 12.0 Å². The van der Waals surface area contributed by atoms with Crippen molar-refractivity contribution in [1.82, 2.24) is 35.0 Å². The van der Waals surface area contributed by atoms with Crippen LogP contribution in [0.15, 0.2) is 71.4 Å². The molecule has 200 valence electrons. The first-order chi connectivity index (χ1) is 19.0. The third kappa shape index (κ3) is 5.97. The summed E-state index contributed by atoms with van der Waals surface area (Å²) in [6, 6.07) is 0. The van der Waals surface area contributed by atoms with E-state index in [-0.39, 0.29) is 5.57 Å². The fraction of sp³-hybridized carbons (Fsp3) is 0.296. The molecular formula is C27H29N9O3. The van der Waals surface area contributed by atoms with Gasteiger partial charge in [0, 0.05) is 57.3 Å². The summed E-state index contributed by atoms with van der Waals surface area (Å²) < 4.78 is 7.55. The molecule has 1 saturated heterocycles. The summed E-state index contributed by atoms with van der Waals surface area (Å²) in [5.41, 5.74) is 6.01. The number of carbonyl (C=O) groups excluding carboxylic acids is 1. The number of nitrogens with one attached hydrogen (secondary N) is 1. The minimum absolute atomic E-state index is 0.263. The van der Waals surface area contributed by atoms with Crippen LogP contribution in [0.2, 0.25) is 0 Å². The number of imidazole rings is 1. The quantitative estimate of drug-likeness (QED) is 0.269. The van der Waals surface area contributed by atoms with Crippen LogP contribution in [-0.2, 0) is 23.0 Å². The molecule has 0 aromatic carbocycles. The van der Waals surface area contributed by atoms with Gasteiger partial charge in [-0.1, -0.05) is 23.8 Å². The maximum absolute atomic E-state index is 11.7. The summed E-state index contributed by atoms with van der Waals surface area (Å²) in [5, 5.41) is 8.90. The number of fused-ring (bicyclic) bond motifs is 1. The van der Waals surface area contributed by atoms with Gasteiger partial charge in [0.15, 0.2) is 22.8 Å². The molecule has 0 unspecified atom stereocenters.